The summed E-state index contributed by atoms with van der Waals surface area (Å²) in [5.41, 5.74) is 14.6. The molecular formula is C11H11N5. The van der Waals surface area contributed by atoms with Crippen LogP contribution < -0.4 is 11.5 Å². The van der Waals surface area contributed by atoms with Gasteiger partial charge in [-0.3, -0.25) is 5.10 Å². The second-order valence-electron chi connectivity index (χ2n) is 3.67. The highest BCUT2D eigenvalue weighted by Gasteiger charge is 2.11. The van der Waals surface area contributed by atoms with E-state index in [9.17, 15) is 0 Å². The van der Waals surface area contributed by atoms with E-state index in [0.717, 1.165) is 22.3 Å². The van der Waals surface area contributed by atoms with E-state index in [1.807, 2.05) is 30.3 Å². The minimum atomic E-state index is 0.327. The van der Waals surface area contributed by atoms with Crippen molar-refractivity contribution >= 4 is 22.4 Å². The van der Waals surface area contributed by atoms with E-state index < -0.39 is 0 Å². The highest BCUT2D eigenvalue weighted by molar-refractivity contribution is 5.88. The molecule has 0 saturated heterocycles. The van der Waals surface area contributed by atoms with Gasteiger partial charge in [-0.05, 0) is 12.1 Å². The molecule has 1 aromatic carbocycles. The van der Waals surface area contributed by atoms with Crippen molar-refractivity contribution in [3.8, 4) is 11.4 Å². The molecule has 0 aliphatic heterocycles. The van der Waals surface area contributed by atoms with Gasteiger partial charge in [0.25, 0.3) is 0 Å². The molecule has 2 aromatic heterocycles. The maximum Gasteiger partial charge on any atom is 0.169 e. The number of benzene rings is 1. The fourth-order valence-corrected chi connectivity index (χ4v) is 1.78. The van der Waals surface area contributed by atoms with Crippen LogP contribution in [0.2, 0.25) is 0 Å². The molecule has 0 aliphatic carbocycles. The minimum absolute atomic E-state index is 0.327. The number of H-pyrrole nitrogens is 2. The van der Waals surface area contributed by atoms with Crippen LogP contribution in [0.4, 0.5) is 11.5 Å². The lowest BCUT2D eigenvalue weighted by molar-refractivity contribution is 1.10. The van der Waals surface area contributed by atoms with Crippen molar-refractivity contribution in [1.29, 1.82) is 0 Å². The van der Waals surface area contributed by atoms with Crippen LogP contribution >= 0.6 is 0 Å². The first-order valence-electron chi connectivity index (χ1n) is 4.93. The van der Waals surface area contributed by atoms with E-state index in [4.69, 9.17) is 11.5 Å². The Kier molecular flexibility index (Phi) is 1.67. The Hall–Kier alpha value is -2.43. The Morgan fingerprint density at radius 2 is 1.94 bits per heavy atom. The first-order chi connectivity index (χ1) is 7.75. The molecule has 6 N–H and O–H groups in total. The normalized spacial score (nSPS) is 11.0. The summed E-state index contributed by atoms with van der Waals surface area (Å²) in [6.07, 6.45) is 0. The molecule has 0 amide bonds. The standard InChI is InChI=1S/C11H11N5/c12-9-10(15-16-11(9)13)8-5-6-3-1-2-4-7(6)14-8/h1-5,14H,12H2,(H3,13,15,16). The van der Waals surface area contributed by atoms with Crippen molar-refractivity contribution in [2.75, 3.05) is 11.5 Å². The number of nitrogens with zero attached hydrogens (tertiary/aromatic N) is 1. The summed E-state index contributed by atoms with van der Waals surface area (Å²) >= 11 is 0. The van der Waals surface area contributed by atoms with Gasteiger partial charge in [0.05, 0.1) is 5.69 Å². The molecule has 0 saturated carbocycles. The number of nitrogens with one attached hydrogen (secondary N) is 2. The topological polar surface area (TPSA) is 96.5 Å². The van der Waals surface area contributed by atoms with Crippen LogP contribution in [0.25, 0.3) is 22.3 Å². The number of nitrogen functional groups attached to an aromatic ring is 2. The van der Waals surface area contributed by atoms with Crippen LogP contribution in [0.1, 0.15) is 0 Å². The average Bonchev–Trinajstić information content (AvgIpc) is 2.84. The van der Waals surface area contributed by atoms with Crippen LogP contribution in [-0.4, -0.2) is 15.2 Å². The average molecular weight is 213 g/mol. The predicted molar refractivity (Wildman–Crippen MR) is 64.7 cm³/mol. The number of aromatic amines is 2. The molecule has 80 valence electrons. The molecule has 5 nitrogen and oxygen atoms in total. The summed E-state index contributed by atoms with van der Waals surface area (Å²) in [6, 6.07) is 10.0. The van der Waals surface area contributed by atoms with Crippen LogP contribution in [0.5, 0.6) is 0 Å². The van der Waals surface area contributed by atoms with Gasteiger partial charge >= 0.3 is 0 Å². The molecule has 3 rings (SSSR count). The van der Waals surface area contributed by atoms with Gasteiger partial charge in [-0.15, -0.1) is 0 Å². The Labute approximate surface area is 91.5 Å². The van der Waals surface area contributed by atoms with Crippen molar-refractivity contribution in [3.05, 3.63) is 30.3 Å². The molecule has 0 unspecified atom stereocenters. The Morgan fingerprint density at radius 3 is 2.62 bits per heavy atom. The molecule has 0 atom stereocenters. The zero-order valence-electron chi connectivity index (χ0n) is 8.49. The zero-order valence-corrected chi connectivity index (χ0v) is 8.49. The number of hydrogen-bond donors (Lipinski definition) is 4. The largest absolute Gasteiger partial charge is 0.394 e. The lowest BCUT2D eigenvalue weighted by atomic mass is 10.2. The van der Waals surface area contributed by atoms with Gasteiger partial charge in [0.15, 0.2) is 5.82 Å². The van der Waals surface area contributed by atoms with Crippen LogP contribution in [0.3, 0.4) is 0 Å². The van der Waals surface area contributed by atoms with Gasteiger partial charge in [0.1, 0.15) is 11.4 Å². The summed E-state index contributed by atoms with van der Waals surface area (Å²) in [5.74, 6) is 0.327. The van der Waals surface area contributed by atoms with Crippen LogP contribution in [0.15, 0.2) is 30.3 Å². The zero-order chi connectivity index (χ0) is 11.1. The Bertz CT molecular complexity index is 616. The molecule has 3 aromatic rings. The van der Waals surface area contributed by atoms with E-state index >= 15 is 0 Å². The third kappa shape index (κ3) is 1.15. The van der Waals surface area contributed by atoms with Gasteiger partial charge in [-0.1, -0.05) is 18.2 Å². The lowest BCUT2D eigenvalue weighted by Crippen LogP contribution is -1.92. The van der Waals surface area contributed by atoms with Crippen molar-refractivity contribution in [2.45, 2.75) is 0 Å². The summed E-state index contributed by atoms with van der Waals surface area (Å²) < 4.78 is 0. The van der Waals surface area contributed by atoms with Crippen molar-refractivity contribution in [2.24, 2.45) is 0 Å². The smallest absolute Gasteiger partial charge is 0.169 e. The maximum atomic E-state index is 5.82. The van der Waals surface area contributed by atoms with Gasteiger partial charge < -0.3 is 16.5 Å². The van der Waals surface area contributed by atoms with Gasteiger partial charge in [0.2, 0.25) is 0 Å². The van der Waals surface area contributed by atoms with Crippen molar-refractivity contribution in [3.63, 3.8) is 0 Å². The first kappa shape index (κ1) is 8.84. The van der Waals surface area contributed by atoms with Gasteiger partial charge in [0, 0.05) is 10.9 Å². The molecule has 0 radical (unpaired) electrons. The monoisotopic (exact) mass is 213 g/mol. The van der Waals surface area contributed by atoms with Crippen molar-refractivity contribution in [1.82, 2.24) is 15.2 Å². The summed E-state index contributed by atoms with van der Waals surface area (Å²) in [4.78, 5) is 3.26. The molecule has 0 bridgehead atoms. The second-order valence-corrected chi connectivity index (χ2v) is 3.67. The molecule has 5 heteroatoms. The summed E-state index contributed by atoms with van der Waals surface area (Å²) in [7, 11) is 0. The second kappa shape index (κ2) is 3.03. The SMILES string of the molecule is Nc1n[nH]c(-c2cc3ccccc3[nH]2)c1N. The fourth-order valence-electron chi connectivity index (χ4n) is 1.78. The minimum Gasteiger partial charge on any atom is -0.394 e. The third-order valence-corrected chi connectivity index (χ3v) is 2.63. The molecule has 2 heterocycles. The van der Waals surface area contributed by atoms with E-state index in [1.54, 1.807) is 0 Å². The van der Waals surface area contributed by atoms with E-state index in [2.05, 4.69) is 15.2 Å². The number of aromatic nitrogens is 3. The lowest BCUT2D eigenvalue weighted by Gasteiger charge is -1.94. The number of anilines is 2. The number of fused-ring (bicyclic) bond motifs is 1. The van der Waals surface area contributed by atoms with Gasteiger partial charge in [-0.2, -0.15) is 5.10 Å². The summed E-state index contributed by atoms with van der Waals surface area (Å²) in [6.45, 7) is 0. The number of hydrogen-bond acceptors (Lipinski definition) is 3. The molecule has 0 fully saturated rings. The van der Waals surface area contributed by atoms with Crippen molar-refractivity contribution < 1.29 is 0 Å². The highest BCUT2D eigenvalue weighted by atomic mass is 15.2. The number of rotatable bonds is 1. The summed E-state index contributed by atoms with van der Waals surface area (Å²) in [5, 5.41) is 7.82. The fraction of sp³-hybridized carbons (Fsp3) is 0. The molecule has 0 spiro atoms. The predicted octanol–water partition coefficient (Wildman–Crippen LogP) is 1.72. The van der Waals surface area contributed by atoms with E-state index in [-0.39, 0.29) is 0 Å². The first-order valence-corrected chi connectivity index (χ1v) is 4.93. The Morgan fingerprint density at radius 1 is 1.12 bits per heavy atom. The number of nitrogens with two attached hydrogens (primary N) is 2. The molecule has 0 aliphatic rings. The quantitative estimate of drug-likeness (QED) is 0.495. The van der Waals surface area contributed by atoms with Crippen LogP contribution in [0, 0.1) is 0 Å². The molecular weight excluding hydrogens is 202 g/mol. The Balaban J connectivity index is 2.23. The number of para-hydroxylation sites is 1. The van der Waals surface area contributed by atoms with E-state index in [0.29, 0.717) is 11.5 Å². The van der Waals surface area contributed by atoms with Crippen LogP contribution in [-0.2, 0) is 0 Å². The highest BCUT2D eigenvalue weighted by Crippen LogP contribution is 2.29. The van der Waals surface area contributed by atoms with E-state index in [1.165, 1.54) is 0 Å². The maximum absolute atomic E-state index is 5.82. The van der Waals surface area contributed by atoms with Gasteiger partial charge in [-0.25, -0.2) is 0 Å². The molecule has 16 heavy (non-hydrogen) atoms. The third-order valence-electron chi connectivity index (χ3n) is 2.63.